The molecular formula is C24H21FN4O3. The Balaban J connectivity index is 2.06. The van der Waals surface area contributed by atoms with Crippen LogP contribution in [0.3, 0.4) is 0 Å². The first-order valence-electron chi connectivity index (χ1n) is 9.87. The lowest BCUT2D eigenvalue weighted by Crippen LogP contribution is -2.22. The molecule has 0 radical (unpaired) electrons. The molecule has 0 fully saturated rings. The summed E-state index contributed by atoms with van der Waals surface area (Å²) >= 11 is 0. The molecule has 0 aliphatic heterocycles. The van der Waals surface area contributed by atoms with Gasteiger partial charge in [-0.25, -0.2) is 9.37 Å². The molecular weight excluding hydrogens is 411 g/mol. The number of ether oxygens (including phenoxy) is 1. The van der Waals surface area contributed by atoms with E-state index in [0.29, 0.717) is 44.4 Å². The van der Waals surface area contributed by atoms with Gasteiger partial charge >= 0.3 is 0 Å². The van der Waals surface area contributed by atoms with E-state index in [-0.39, 0.29) is 23.6 Å². The van der Waals surface area contributed by atoms with Crippen molar-refractivity contribution in [3.63, 3.8) is 0 Å². The summed E-state index contributed by atoms with van der Waals surface area (Å²) in [4.78, 5) is 21.4. The van der Waals surface area contributed by atoms with Gasteiger partial charge in [-0.05, 0) is 32.0 Å². The van der Waals surface area contributed by atoms with Gasteiger partial charge in [0.1, 0.15) is 17.1 Å². The summed E-state index contributed by atoms with van der Waals surface area (Å²) in [6, 6.07) is 9.69. The van der Waals surface area contributed by atoms with Gasteiger partial charge in [-0.15, -0.1) is 0 Å². The van der Waals surface area contributed by atoms with Crippen LogP contribution in [0.25, 0.3) is 27.5 Å². The number of hydrogen-bond acceptors (Lipinski definition) is 6. The second-order valence-electron chi connectivity index (χ2n) is 7.42. The van der Waals surface area contributed by atoms with E-state index in [4.69, 9.17) is 10.1 Å². The molecule has 7 nitrogen and oxygen atoms in total. The number of pyridine rings is 1. The van der Waals surface area contributed by atoms with Crippen LogP contribution in [0.2, 0.25) is 0 Å². The normalized spacial score (nSPS) is 12.1. The van der Waals surface area contributed by atoms with E-state index in [9.17, 15) is 14.3 Å². The van der Waals surface area contributed by atoms with Crippen LogP contribution in [0.15, 0.2) is 59.3 Å². The standard InChI is InChI=1S/C24H21FN4O3/c1-13(26)23(14(2)30)17-8-19-16(9-21(17)32-3)24-20(10-27-19)28-11-22(31)29(24)12-15-6-4-5-7-18(15)25/h4-11,26,30H,12H2,1-3H3/b23-14+,26-13?. The van der Waals surface area contributed by atoms with Crippen molar-refractivity contribution in [3.8, 4) is 5.75 Å². The average molecular weight is 432 g/mol. The van der Waals surface area contributed by atoms with Gasteiger partial charge < -0.3 is 19.8 Å². The fourth-order valence-corrected chi connectivity index (χ4v) is 3.86. The third kappa shape index (κ3) is 3.60. The summed E-state index contributed by atoms with van der Waals surface area (Å²) in [6.07, 6.45) is 2.73. The summed E-state index contributed by atoms with van der Waals surface area (Å²) in [6.45, 7) is 3.09. The van der Waals surface area contributed by atoms with Crippen molar-refractivity contribution >= 4 is 33.2 Å². The van der Waals surface area contributed by atoms with Crippen molar-refractivity contribution in [2.75, 3.05) is 7.11 Å². The monoisotopic (exact) mass is 432 g/mol. The van der Waals surface area contributed by atoms with Crippen LogP contribution in [0.5, 0.6) is 5.75 Å². The molecule has 2 N–H and O–H groups in total. The zero-order valence-corrected chi connectivity index (χ0v) is 17.8. The van der Waals surface area contributed by atoms with E-state index >= 15 is 0 Å². The maximum absolute atomic E-state index is 14.3. The van der Waals surface area contributed by atoms with Crippen molar-refractivity contribution in [2.45, 2.75) is 20.4 Å². The summed E-state index contributed by atoms with van der Waals surface area (Å²) in [5.74, 6) is -0.0261. The highest BCUT2D eigenvalue weighted by molar-refractivity contribution is 6.23. The molecule has 0 saturated heterocycles. The van der Waals surface area contributed by atoms with Crippen LogP contribution in [0, 0.1) is 11.2 Å². The molecule has 32 heavy (non-hydrogen) atoms. The Kier molecular flexibility index (Phi) is 5.44. The number of benzene rings is 2. The van der Waals surface area contributed by atoms with E-state index in [0.717, 1.165) is 0 Å². The highest BCUT2D eigenvalue weighted by Crippen LogP contribution is 2.34. The van der Waals surface area contributed by atoms with Gasteiger partial charge in [0.05, 0.1) is 42.8 Å². The van der Waals surface area contributed by atoms with Gasteiger partial charge in [-0.1, -0.05) is 18.2 Å². The van der Waals surface area contributed by atoms with Gasteiger partial charge in [0, 0.05) is 27.8 Å². The third-order valence-electron chi connectivity index (χ3n) is 5.28. The number of halogens is 1. The molecule has 2 aromatic heterocycles. The first-order valence-corrected chi connectivity index (χ1v) is 9.87. The molecule has 4 aromatic rings. The number of hydrogen-bond donors (Lipinski definition) is 2. The predicted octanol–water partition coefficient (Wildman–Crippen LogP) is 4.47. The maximum atomic E-state index is 14.3. The molecule has 0 aliphatic carbocycles. The minimum atomic E-state index is -0.405. The fraction of sp³-hybridized carbons (Fsp3) is 0.167. The summed E-state index contributed by atoms with van der Waals surface area (Å²) < 4.78 is 21.3. The van der Waals surface area contributed by atoms with Gasteiger partial charge in [0.15, 0.2) is 0 Å². The minimum absolute atomic E-state index is 0.0194. The molecule has 162 valence electrons. The Morgan fingerprint density at radius 2 is 1.88 bits per heavy atom. The molecule has 0 spiro atoms. The molecule has 0 amide bonds. The number of allylic oxidation sites excluding steroid dienone is 2. The maximum Gasteiger partial charge on any atom is 0.269 e. The van der Waals surface area contributed by atoms with Crippen molar-refractivity contribution in [3.05, 3.63) is 81.8 Å². The first-order chi connectivity index (χ1) is 15.3. The first kappa shape index (κ1) is 21.2. The highest BCUT2D eigenvalue weighted by Gasteiger charge is 2.18. The molecule has 4 rings (SSSR count). The molecule has 0 atom stereocenters. The SMILES string of the molecule is COc1cc2c(cc1/C(C(C)=N)=C(\C)O)ncc1ncc(=O)n(Cc3ccccc3F)c12. The van der Waals surface area contributed by atoms with Crippen molar-refractivity contribution < 1.29 is 14.2 Å². The smallest absolute Gasteiger partial charge is 0.269 e. The van der Waals surface area contributed by atoms with Crippen LogP contribution < -0.4 is 10.3 Å². The number of nitrogens with one attached hydrogen (secondary N) is 1. The summed E-state index contributed by atoms with van der Waals surface area (Å²) in [7, 11) is 1.48. The quantitative estimate of drug-likeness (QED) is 0.275. The van der Waals surface area contributed by atoms with Crippen LogP contribution in [-0.2, 0) is 6.54 Å². The van der Waals surface area contributed by atoms with E-state index < -0.39 is 5.82 Å². The summed E-state index contributed by atoms with van der Waals surface area (Å²) in [5, 5.41) is 18.8. The second kappa shape index (κ2) is 8.22. The zero-order chi connectivity index (χ0) is 23.0. The highest BCUT2D eigenvalue weighted by atomic mass is 19.1. The fourth-order valence-electron chi connectivity index (χ4n) is 3.86. The van der Waals surface area contributed by atoms with Crippen molar-refractivity contribution in [2.24, 2.45) is 0 Å². The average Bonchev–Trinajstić information content (AvgIpc) is 2.75. The van der Waals surface area contributed by atoms with Crippen LogP contribution in [-0.4, -0.2) is 32.5 Å². The van der Waals surface area contributed by atoms with Gasteiger partial charge in [-0.3, -0.25) is 9.78 Å². The number of rotatable bonds is 5. The summed E-state index contributed by atoms with van der Waals surface area (Å²) in [5.41, 5.74) is 2.49. The zero-order valence-electron chi connectivity index (χ0n) is 17.8. The van der Waals surface area contributed by atoms with E-state index in [2.05, 4.69) is 9.97 Å². The van der Waals surface area contributed by atoms with E-state index in [1.54, 1.807) is 37.3 Å². The van der Waals surface area contributed by atoms with Crippen LogP contribution in [0.1, 0.15) is 25.0 Å². The van der Waals surface area contributed by atoms with Crippen molar-refractivity contribution in [1.29, 1.82) is 5.41 Å². The van der Waals surface area contributed by atoms with Gasteiger partial charge in [0.25, 0.3) is 5.56 Å². The number of fused-ring (bicyclic) bond motifs is 3. The minimum Gasteiger partial charge on any atom is -0.512 e. The molecule has 0 unspecified atom stereocenters. The number of aliphatic hydroxyl groups excluding tert-OH is 1. The molecule has 2 aromatic carbocycles. The lowest BCUT2D eigenvalue weighted by Gasteiger charge is -2.16. The number of nitrogens with zero attached hydrogens (tertiary/aromatic N) is 3. The van der Waals surface area contributed by atoms with Gasteiger partial charge in [0.2, 0.25) is 0 Å². The third-order valence-corrected chi connectivity index (χ3v) is 5.28. The predicted molar refractivity (Wildman–Crippen MR) is 122 cm³/mol. The van der Waals surface area contributed by atoms with Crippen LogP contribution >= 0.6 is 0 Å². The largest absolute Gasteiger partial charge is 0.512 e. The lowest BCUT2D eigenvalue weighted by molar-refractivity contribution is 0.409. The van der Waals surface area contributed by atoms with Crippen molar-refractivity contribution in [1.82, 2.24) is 14.5 Å². The molecule has 8 heteroatoms. The van der Waals surface area contributed by atoms with Gasteiger partial charge in [-0.2, -0.15) is 0 Å². The Bertz CT molecular complexity index is 1470. The topological polar surface area (TPSA) is 101 Å². The van der Waals surface area contributed by atoms with Crippen LogP contribution in [0.4, 0.5) is 4.39 Å². The number of methoxy groups -OCH3 is 1. The second-order valence-corrected chi connectivity index (χ2v) is 7.42. The Labute approximate surface area is 183 Å². The number of aromatic nitrogens is 3. The molecule has 2 heterocycles. The Morgan fingerprint density at radius 1 is 1.16 bits per heavy atom. The van der Waals surface area contributed by atoms with E-state index in [1.165, 1.54) is 37.1 Å². The Morgan fingerprint density at radius 3 is 2.53 bits per heavy atom. The molecule has 0 aliphatic rings. The molecule has 0 saturated carbocycles. The Hall–Kier alpha value is -4.07. The number of aliphatic hydroxyl groups is 1. The van der Waals surface area contributed by atoms with E-state index in [1.807, 2.05) is 0 Å². The molecule has 0 bridgehead atoms. The lowest BCUT2D eigenvalue weighted by atomic mass is 9.97.